The fourth-order valence-electron chi connectivity index (χ4n) is 4.16. The van der Waals surface area contributed by atoms with Gasteiger partial charge in [-0.1, -0.05) is 48.5 Å². The molecule has 0 saturated carbocycles. The third-order valence-corrected chi connectivity index (χ3v) is 5.76. The van der Waals surface area contributed by atoms with Crippen LogP contribution in [0, 0.1) is 0 Å². The fourth-order valence-corrected chi connectivity index (χ4v) is 4.16. The molecule has 3 aromatic rings. The number of aromatic nitrogens is 1. The van der Waals surface area contributed by atoms with Gasteiger partial charge in [0.15, 0.2) is 0 Å². The second-order valence-electron chi connectivity index (χ2n) is 7.22. The highest BCUT2D eigenvalue weighted by molar-refractivity contribution is 5.98. The first-order valence-electron chi connectivity index (χ1n) is 9.09. The number of hydrogen-bond acceptors (Lipinski definition) is 1. The Labute approximate surface area is 154 Å². The van der Waals surface area contributed by atoms with E-state index in [4.69, 9.17) is 0 Å². The van der Waals surface area contributed by atoms with Crippen LogP contribution in [0.2, 0.25) is 0 Å². The van der Waals surface area contributed by atoms with Crippen LogP contribution in [0.3, 0.4) is 0 Å². The molecular weight excluding hydrogens is 320 g/mol. The average molecular weight is 344 g/mol. The predicted molar refractivity (Wildman–Crippen MR) is 106 cm³/mol. The molecule has 1 aliphatic rings. The Morgan fingerprint density at radius 2 is 1.62 bits per heavy atom. The van der Waals surface area contributed by atoms with E-state index >= 15 is 0 Å². The van der Waals surface area contributed by atoms with Crippen LogP contribution in [0.5, 0.6) is 0 Å². The van der Waals surface area contributed by atoms with Crippen LogP contribution in [0.15, 0.2) is 71.9 Å². The third kappa shape index (κ3) is 2.38. The predicted octanol–water partition coefficient (Wildman–Crippen LogP) is 5.16. The summed E-state index contributed by atoms with van der Waals surface area (Å²) in [5, 5.41) is 1.21. The van der Waals surface area contributed by atoms with E-state index in [1.54, 1.807) is 0 Å². The second kappa shape index (κ2) is 6.17. The zero-order chi connectivity index (χ0) is 18.4. The molecular formula is C23H24N2O. The van der Waals surface area contributed by atoms with Crippen molar-refractivity contribution in [2.45, 2.75) is 32.9 Å². The second-order valence-corrected chi connectivity index (χ2v) is 7.22. The summed E-state index contributed by atoms with van der Waals surface area (Å²) in [7, 11) is 2.07. The number of fused-ring (bicyclic) bond motifs is 1. The van der Waals surface area contributed by atoms with Crippen LogP contribution < -0.4 is 0 Å². The van der Waals surface area contributed by atoms with Crippen LogP contribution in [0.4, 0.5) is 0 Å². The smallest absolute Gasteiger partial charge is 0.250 e. The topological polar surface area (TPSA) is 25.2 Å². The molecule has 0 aliphatic carbocycles. The molecule has 2 heterocycles. The van der Waals surface area contributed by atoms with E-state index in [0.29, 0.717) is 0 Å². The maximum atomic E-state index is 13.1. The molecule has 0 spiro atoms. The number of carbonyl (C=O) groups is 1. The zero-order valence-electron chi connectivity index (χ0n) is 15.7. The van der Waals surface area contributed by atoms with Crippen molar-refractivity contribution in [2.75, 3.05) is 0 Å². The van der Waals surface area contributed by atoms with Gasteiger partial charge in [0.25, 0.3) is 5.91 Å². The molecule has 1 amide bonds. The minimum Gasteiger partial charge on any atom is -0.350 e. The van der Waals surface area contributed by atoms with Gasteiger partial charge in [0, 0.05) is 35.3 Å². The minimum atomic E-state index is -0.0243. The van der Waals surface area contributed by atoms with Crippen molar-refractivity contribution in [3.63, 3.8) is 0 Å². The van der Waals surface area contributed by atoms with Crippen LogP contribution in [-0.2, 0) is 11.8 Å². The molecule has 3 nitrogen and oxygen atoms in total. The molecule has 0 N–H and O–H groups in total. The summed E-state index contributed by atoms with van der Waals surface area (Å²) in [4.78, 5) is 15.2. The summed E-state index contributed by atoms with van der Waals surface area (Å²) in [5.41, 5.74) is 5.57. The number of hydrogen-bond donors (Lipinski definition) is 0. The monoisotopic (exact) mass is 344 g/mol. The normalized spacial score (nSPS) is 18.8. The van der Waals surface area contributed by atoms with Crippen molar-refractivity contribution in [1.82, 2.24) is 9.47 Å². The lowest BCUT2D eigenvalue weighted by atomic mass is 9.97. The summed E-state index contributed by atoms with van der Waals surface area (Å²) in [6, 6.07) is 18.7. The van der Waals surface area contributed by atoms with Crippen molar-refractivity contribution >= 4 is 16.8 Å². The maximum Gasteiger partial charge on any atom is 0.250 e. The van der Waals surface area contributed by atoms with Crippen molar-refractivity contribution in [3.8, 4) is 0 Å². The van der Waals surface area contributed by atoms with Crippen molar-refractivity contribution in [2.24, 2.45) is 7.05 Å². The maximum absolute atomic E-state index is 13.1. The Morgan fingerprint density at radius 1 is 0.962 bits per heavy atom. The zero-order valence-corrected chi connectivity index (χ0v) is 15.7. The van der Waals surface area contributed by atoms with Gasteiger partial charge in [-0.05, 0) is 38.0 Å². The Morgan fingerprint density at radius 3 is 2.35 bits per heavy atom. The Balaban J connectivity index is 1.87. The van der Waals surface area contributed by atoms with E-state index in [2.05, 4.69) is 68.1 Å². The summed E-state index contributed by atoms with van der Waals surface area (Å²) < 4.78 is 2.15. The summed E-state index contributed by atoms with van der Waals surface area (Å²) in [6.07, 6.45) is 2.18. The first-order valence-corrected chi connectivity index (χ1v) is 9.09. The van der Waals surface area contributed by atoms with Gasteiger partial charge in [0.1, 0.15) is 0 Å². The van der Waals surface area contributed by atoms with Crippen LogP contribution in [0.1, 0.15) is 44.0 Å². The number of para-hydroxylation sites is 1. The van der Waals surface area contributed by atoms with Gasteiger partial charge in [-0.3, -0.25) is 4.79 Å². The fraction of sp³-hybridized carbons (Fsp3) is 0.261. The molecule has 2 aromatic carbocycles. The summed E-state index contributed by atoms with van der Waals surface area (Å²) >= 11 is 0. The molecule has 26 heavy (non-hydrogen) atoms. The van der Waals surface area contributed by atoms with E-state index in [1.807, 2.05) is 30.0 Å². The Bertz CT molecular complexity index is 1010. The van der Waals surface area contributed by atoms with Gasteiger partial charge in [-0.2, -0.15) is 0 Å². The number of nitrogens with zero attached hydrogens (tertiary/aromatic N) is 2. The molecule has 132 valence electrons. The van der Waals surface area contributed by atoms with Gasteiger partial charge >= 0.3 is 0 Å². The highest BCUT2D eigenvalue weighted by Crippen LogP contribution is 2.44. The lowest BCUT2D eigenvalue weighted by molar-refractivity contribution is -0.129. The Kier molecular flexibility index (Phi) is 3.95. The minimum absolute atomic E-state index is 0.0140. The van der Waals surface area contributed by atoms with Crippen molar-refractivity contribution in [3.05, 3.63) is 83.1 Å². The lowest BCUT2D eigenvalue weighted by Gasteiger charge is -2.32. The first kappa shape index (κ1) is 16.6. The summed E-state index contributed by atoms with van der Waals surface area (Å²) in [5.74, 6) is 0.136. The average Bonchev–Trinajstić information content (AvgIpc) is 3.11. The molecule has 1 aliphatic heterocycles. The number of amides is 1. The number of rotatable bonds is 3. The van der Waals surface area contributed by atoms with E-state index in [0.717, 1.165) is 16.7 Å². The standard InChI is InChI=1S/C23H24N2O/c1-15-16(2)23(26)25(17(3)18-10-6-5-7-11-18)22(15)20-14-24(4)21-13-9-8-12-19(20)21/h5-14,17,22H,1-4H3. The Hall–Kier alpha value is -2.81. The largest absolute Gasteiger partial charge is 0.350 e. The highest BCUT2D eigenvalue weighted by atomic mass is 16.2. The van der Waals surface area contributed by atoms with E-state index in [1.165, 1.54) is 16.5 Å². The molecule has 1 aromatic heterocycles. The van der Waals surface area contributed by atoms with Gasteiger partial charge in [0.05, 0.1) is 12.1 Å². The molecule has 0 bridgehead atoms. The van der Waals surface area contributed by atoms with Gasteiger partial charge in [-0.25, -0.2) is 0 Å². The number of benzene rings is 2. The molecule has 3 heteroatoms. The van der Waals surface area contributed by atoms with Crippen LogP contribution in [0.25, 0.3) is 10.9 Å². The molecule has 0 saturated heterocycles. The molecule has 0 fully saturated rings. The quantitative estimate of drug-likeness (QED) is 0.644. The van der Waals surface area contributed by atoms with Crippen molar-refractivity contribution in [1.29, 1.82) is 0 Å². The van der Waals surface area contributed by atoms with Gasteiger partial charge in [-0.15, -0.1) is 0 Å². The first-order chi connectivity index (χ1) is 12.5. The number of aryl methyl sites for hydroxylation is 1. The van der Waals surface area contributed by atoms with Gasteiger partial charge in [0.2, 0.25) is 0 Å². The third-order valence-electron chi connectivity index (χ3n) is 5.76. The lowest BCUT2D eigenvalue weighted by Crippen LogP contribution is -2.32. The SMILES string of the molecule is CC1=C(C)C(c2cn(C)c3ccccc23)N(C(C)c2ccccc2)C1=O. The number of carbonyl (C=O) groups excluding carboxylic acids is 1. The van der Waals surface area contributed by atoms with E-state index in [-0.39, 0.29) is 18.0 Å². The molecule has 4 rings (SSSR count). The van der Waals surface area contributed by atoms with E-state index in [9.17, 15) is 4.79 Å². The van der Waals surface area contributed by atoms with E-state index < -0.39 is 0 Å². The molecule has 2 unspecified atom stereocenters. The van der Waals surface area contributed by atoms with Crippen molar-refractivity contribution < 1.29 is 4.79 Å². The molecule has 0 radical (unpaired) electrons. The van der Waals surface area contributed by atoms with Crippen LogP contribution >= 0.6 is 0 Å². The summed E-state index contributed by atoms with van der Waals surface area (Å²) in [6.45, 7) is 6.17. The van der Waals surface area contributed by atoms with Gasteiger partial charge < -0.3 is 9.47 Å². The highest BCUT2D eigenvalue weighted by Gasteiger charge is 2.40. The molecule has 2 atom stereocenters. The van der Waals surface area contributed by atoms with Crippen LogP contribution in [-0.4, -0.2) is 15.4 Å².